The minimum atomic E-state index is -0.221. The number of hydrogen-bond donors (Lipinski definition) is 1. The van der Waals surface area contributed by atoms with Crippen LogP contribution in [0.1, 0.15) is 45.1 Å². The molecule has 0 aromatic heterocycles. The van der Waals surface area contributed by atoms with E-state index in [4.69, 9.17) is 10.5 Å². The minimum absolute atomic E-state index is 0.221. The predicted molar refractivity (Wildman–Crippen MR) is 75.7 cm³/mol. The molecule has 2 heteroatoms. The van der Waals surface area contributed by atoms with Gasteiger partial charge in [-0.05, 0) is 49.3 Å². The van der Waals surface area contributed by atoms with Gasteiger partial charge in [0.2, 0.25) is 0 Å². The van der Waals surface area contributed by atoms with Gasteiger partial charge in [0, 0.05) is 5.54 Å². The van der Waals surface area contributed by atoms with Gasteiger partial charge in [-0.1, -0.05) is 31.9 Å². The monoisotopic (exact) mass is 247 g/mol. The Balaban J connectivity index is 2.17. The van der Waals surface area contributed by atoms with Crippen LogP contribution in [0.3, 0.4) is 0 Å². The molecule has 100 valence electrons. The second-order valence-electron chi connectivity index (χ2n) is 5.98. The Bertz CT molecular complexity index is 383. The maximum atomic E-state index is 6.63. The van der Waals surface area contributed by atoms with Crippen LogP contribution in [-0.4, -0.2) is 7.11 Å². The minimum Gasteiger partial charge on any atom is -0.497 e. The standard InChI is InChI=1S/C16H25NO/c1-12-5-4-6-14(11-12)16(2,17)13-7-9-15(18-3)10-8-13/h7-10,12,14H,4-6,11,17H2,1-3H3. The van der Waals surface area contributed by atoms with Crippen molar-refractivity contribution in [3.8, 4) is 5.75 Å². The summed E-state index contributed by atoms with van der Waals surface area (Å²) in [5.74, 6) is 2.30. The molecular formula is C16H25NO. The molecule has 1 aliphatic rings. The lowest BCUT2D eigenvalue weighted by atomic mass is 9.70. The highest BCUT2D eigenvalue weighted by Crippen LogP contribution is 2.39. The van der Waals surface area contributed by atoms with Gasteiger partial charge in [-0.3, -0.25) is 0 Å². The van der Waals surface area contributed by atoms with E-state index in [2.05, 4.69) is 26.0 Å². The van der Waals surface area contributed by atoms with Crippen LogP contribution in [0.4, 0.5) is 0 Å². The SMILES string of the molecule is COc1ccc(C(C)(N)C2CCCC(C)C2)cc1. The van der Waals surface area contributed by atoms with Gasteiger partial charge < -0.3 is 10.5 Å². The summed E-state index contributed by atoms with van der Waals surface area (Å²) >= 11 is 0. The number of hydrogen-bond acceptors (Lipinski definition) is 2. The molecule has 1 saturated carbocycles. The van der Waals surface area contributed by atoms with Crippen LogP contribution < -0.4 is 10.5 Å². The van der Waals surface area contributed by atoms with Crippen molar-refractivity contribution in [2.45, 2.75) is 45.1 Å². The molecule has 0 spiro atoms. The summed E-state index contributed by atoms with van der Waals surface area (Å²) in [7, 11) is 1.69. The lowest BCUT2D eigenvalue weighted by Crippen LogP contribution is -2.43. The van der Waals surface area contributed by atoms with Crippen molar-refractivity contribution in [1.82, 2.24) is 0 Å². The maximum Gasteiger partial charge on any atom is 0.118 e. The van der Waals surface area contributed by atoms with Gasteiger partial charge in [-0.25, -0.2) is 0 Å². The van der Waals surface area contributed by atoms with E-state index in [9.17, 15) is 0 Å². The first kappa shape index (κ1) is 13.4. The third kappa shape index (κ3) is 2.69. The summed E-state index contributed by atoms with van der Waals surface area (Å²) in [6.07, 6.45) is 5.17. The zero-order valence-electron chi connectivity index (χ0n) is 11.8. The molecule has 1 aromatic carbocycles. The lowest BCUT2D eigenvalue weighted by molar-refractivity contribution is 0.185. The normalized spacial score (nSPS) is 27.6. The lowest BCUT2D eigenvalue weighted by Gasteiger charge is -2.39. The average Bonchev–Trinajstić information content (AvgIpc) is 2.39. The fraction of sp³-hybridized carbons (Fsp3) is 0.625. The summed E-state index contributed by atoms with van der Waals surface area (Å²) in [5, 5.41) is 0. The van der Waals surface area contributed by atoms with Crippen LogP contribution in [0.25, 0.3) is 0 Å². The molecule has 1 fully saturated rings. The highest BCUT2D eigenvalue weighted by Gasteiger charge is 2.34. The zero-order chi connectivity index (χ0) is 13.2. The van der Waals surface area contributed by atoms with Gasteiger partial charge in [0.1, 0.15) is 5.75 Å². The molecule has 0 aliphatic heterocycles. The van der Waals surface area contributed by atoms with Crippen LogP contribution in [0.2, 0.25) is 0 Å². The van der Waals surface area contributed by atoms with E-state index in [-0.39, 0.29) is 5.54 Å². The van der Waals surface area contributed by atoms with Crippen molar-refractivity contribution in [3.05, 3.63) is 29.8 Å². The van der Waals surface area contributed by atoms with E-state index >= 15 is 0 Å². The highest BCUT2D eigenvalue weighted by atomic mass is 16.5. The molecule has 0 heterocycles. The first-order valence-electron chi connectivity index (χ1n) is 6.97. The molecule has 2 rings (SSSR count). The quantitative estimate of drug-likeness (QED) is 0.884. The van der Waals surface area contributed by atoms with Gasteiger partial charge in [-0.15, -0.1) is 0 Å². The number of ether oxygens (including phenoxy) is 1. The van der Waals surface area contributed by atoms with Crippen LogP contribution in [0.15, 0.2) is 24.3 Å². The van der Waals surface area contributed by atoms with Crippen molar-refractivity contribution >= 4 is 0 Å². The largest absolute Gasteiger partial charge is 0.497 e. The Morgan fingerprint density at radius 2 is 1.89 bits per heavy atom. The molecule has 0 amide bonds. The van der Waals surface area contributed by atoms with Crippen molar-refractivity contribution in [2.75, 3.05) is 7.11 Å². The molecule has 18 heavy (non-hydrogen) atoms. The smallest absolute Gasteiger partial charge is 0.118 e. The third-order valence-electron chi connectivity index (χ3n) is 4.50. The van der Waals surface area contributed by atoms with E-state index in [0.29, 0.717) is 5.92 Å². The summed E-state index contributed by atoms with van der Waals surface area (Å²) in [6, 6.07) is 8.23. The van der Waals surface area contributed by atoms with E-state index in [1.54, 1.807) is 7.11 Å². The van der Waals surface area contributed by atoms with Crippen molar-refractivity contribution in [3.63, 3.8) is 0 Å². The number of methoxy groups -OCH3 is 1. The molecule has 0 bridgehead atoms. The first-order chi connectivity index (χ1) is 8.54. The number of nitrogens with two attached hydrogens (primary N) is 1. The molecular weight excluding hydrogens is 222 g/mol. The molecule has 0 radical (unpaired) electrons. The summed E-state index contributed by atoms with van der Waals surface area (Å²) < 4.78 is 5.20. The van der Waals surface area contributed by atoms with Crippen molar-refractivity contribution < 1.29 is 4.74 Å². The molecule has 3 atom stereocenters. The number of benzene rings is 1. The molecule has 2 N–H and O–H groups in total. The van der Waals surface area contributed by atoms with E-state index in [0.717, 1.165) is 11.7 Å². The average molecular weight is 247 g/mol. The predicted octanol–water partition coefficient (Wildman–Crippen LogP) is 3.70. The Morgan fingerprint density at radius 3 is 2.44 bits per heavy atom. The van der Waals surface area contributed by atoms with E-state index in [1.165, 1.54) is 31.2 Å². The summed E-state index contributed by atoms with van der Waals surface area (Å²) in [5.41, 5.74) is 7.63. The Kier molecular flexibility index (Phi) is 3.96. The van der Waals surface area contributed by atoms with Gasteiger partial charge in [0.15, 0.2) is 0 Å². The van der Waals surface area contributed by atoms with Crippen molar-refractivity contribution in [1.29, 1.82) is 0 Å². The van der Waals surface area contributed by atoms with Gasteiger partial charge in [0.05, 0.1) is 7.11 Å². The third-order valence-corrected chi connectivity index (χ3v) is 4.50. The van der Waals surface area contributed by atoms with Crippen LogP contribution in [0.5, 0.6) is 5.75 Å². The van der Waals surface area contributed by atoms with E-state index in [1.807, 2.05) is 12.1 Å². The van der Waals surface area contributed by atoms with E-state index < -0.39 is 0 Å². The van der Waals surface area contributed by atoms with Crippen LogP contribution >= 0.6 is 0 Å². The fourth-order valence-corrected chi connectivity index (χ4v) is 3.16. The molecule has 2 nitrogen and oxygen atoms in total. The Morgan fingerprint density at radius 1 is 1.22 bits per heavy atom. The molecule has 0 saturated heterocycles. The van der Waals surface area contributed by atoms with Gasteiger partial charge in [-0.2, -0.15) is 0 Å². The number of rotatable bonds is 3. The molecule has 1 aromatic rings. The molecule has 3 unspecified atom stereocenters. The Hall–Kier alpha value is -1.02. The van der Waals surface area contributed by atoms with Gasteiger partial charge in [0.25, 0.3) is 0 Å². The van der Waals surface area contributed by atoms with Crippen LogP contribution in [-0.2, 0) is 5.54 Å². The first-order valence-corrected chi connectivity index (χ1v) is 6.97. The second-order valence-corrected chi connectivity index (χ2v) is 5.98. The molecule has 1 aliphatic carbocycles. The summed E-state index contributed by atoms with van der Waals surface area (Å²) in [4.78, 5) is 0. The zero-order valence-corrected chi connectivity index (χ0v) is 11.8. The highest BCUT2D eigenvalue weighted by molar-refractivity contribution is 5.31. The fourth-order valence-electron chi connectivity index (χ4n) is 3.16. The maximum absolute atomic E-state index is 6.63. The van der Waals surface area contributed by atoms with Crippen molar-refractivity contribution in [2.24, 2.45) is 17.6 Å². The van der Waals surface area contributed by atoms with Crippen LogP contribution in [0, 0.1) is 11.8 Å². The Labute approximate surface area is 111 Å². The second kappa shape index (κ2) is 5.31. The topological polar surface area (TPSA) is 35.2 Å². The van der Waals surface area contributed by atoms with Gasteiger partial charge >= 0.3 is 0 Å². The summed E-state index contributed by atoms with van der Waals surface area (Å²) in [6.45, 7) is 4.52.